The molecular formula is C14H29B. The van der Waals surface area contributed by atoms with E-state index >= 15 is 0 Å². The zero-order valence-electron chi connectivity index (χ0n) is 11.5. The molecule has 1 heteroatoms. The van der Waals surface area contributed by atoms with Crippen LogP contribution in [0.3, 0.4) is 0 Å². The normalized spacial score (nSPS) is 19.5. The van der Waals surface area contributed by atoms with Gasteiger partial charge in [-0.05, 0) is 11.8 Å². The quantitative estimate of drug-likeness (QED) is 0.493. The molecule has 0 aliphatic carbocycles. The second-order valence-corrected chi connectivity index (χ2v) is 5.76. The van der Waals surface area contributed by atoms with E-state index < -0.39 is 0 Å². The van der Waals surface area contributed by atoms with Crippen LogP contribution in [0.1, 0.15) is 73.1 Å². The summed E-state index contributed by atoms with van der Waals surface area (Å²) in [6.45, 7) is 11.4. The van der Waals surface area contributed by atoms with Gasteiger partial charge in [0.15, 0.2) is 0 Å². The lowest BCUT2D eigenvalue weighted by molar-refractivity contribution is 0.382. The van der Waals surface area contributed by atoms with Gasteiger partial charge in [-0.25, -0.2) is 0 Å². The molecule has 0 nitrogen and oxygen atoms in total. The lowest BCUT2D eigenvalue weighted by Gasteiger charge is -2.27. The van der Waals surface area contributed by atoms with Crippen molar-refractivity contribution in [1.29, 1.82) is 0 Å². The maximum Gasteiger partial charge on any atom is 0.0742 e. The van der Waals surface area contributed by atoms with E-state index in [2.05, 4.69) is 34.6 Å². The van der Waals surface area contributed by atoms with Crippen molar-refractivity contribution >= 4 is 7.85 Å². The molecule has 2 atom stereocenters. The van der Waals surface area contributed by atoms with Crippen LogP contribution in [-0.2, 0) is 0 Å². The lowest BCUT2D eigenvalue weighted by atomic mass is 9.63. The van der Waals surface area contributed by atoms with Crippen molar-refractivity contribution in [3.8, 4) is 0 Å². The van der Waals surface area contributed by atoms with Gasteiger partial charge in [-0.3, -0.25) is 0 Å². The Kier molecular flexibility index (Phi) is 7.39. The minimum absolute atomic E-state index is 0.0624. The van der Waals surface area contributed by atoms with Gasteiger partial charge < -0.3 is 0 Å². The molecule has 0 aliphatic rings. The Morgan fingerprint density at radius 1 is 0.933 bits per heavy atom. The first-order valence-electron chi connectivity index (χ1n) is 6.70. The fourth-order valence-corrected chi connectivity index (χ4v) is 1.69. The van der Waals surface area contributed by atoms with Crippen LogP contribution in [0.2, 0.25) is 5.31 Å². The maximum atomic E-state index is 6.32. The van der Waals surface area contributed by atoms with Crippen LogP contribution >= 0.6 is 0 Å². The van der Waals surface area contributed by atoms with E-state index in [1.807, 2.05) is 0 Å². The van der Waals surface area contributed by atoms with Gasteiger partial charge >= 0.3 is 0 Å². The molecule has 2 unspecified atom stereocenters. The molecule has 0 aromatic rings. The number of hydrogen-bond acceptors (Lipinski definition) is 0. The fraction of sp³-hybridized carbons (Fsp3) is 1.00. The largest absolute Gasteiger partial charge is 0.0742 e. The van der Waals surface area contributed by atoms with E-state index in [4.69, 9.17) is 7.85 Å². The van der Waals surface area contributed by atoms with Crippen LogP contribution in [0, 0.1) is 11.8 Å². The lowest BCUT2D eigenvalue weighted by Crippen LogP contribution is -2.11. The monoisotopic (exact) mass is 208 g/mol. The molecule has 0 N–H and O–H groups in total. The molecule has 0 rings (SSSR count). The van der Waals surface area contributed by atoms with Crippen LogP contribution < -0.4 is 0 Å². The molecule has 0 spiro atoms. The topological polar surface area (TPSA) is 0 Å². The molecule has 0 amide bonds. The van der Waals surface area contributed by atoms with Gasteiger partial charge in [-0.2, -0.15) is 0 Å². The summed E-state index contributed by atoms with van der Waals surface area (Å²) in [5, 5.41) is 0.0624. The first-order valence-corrected chi connectivity index (χ1v) is 6.70. The van der Waals surface area contributed by atoms with Gasteiger partial charge in [0.2, 0.25) is 0 Å². The predicted octanol–water partition coefficient (Wildman–Crippen LogP) is 4.99. The summed E-state index contributed by atoms with van der Waals surface area (Å²) in [5.74, 6) is 1.66. The van der Waals surface area contributed by atoms with Crippen LogP contribution in [0.4, 0.5) is 0 Å². The highest BCUT2D eigenvalue weighted by Gasteiger charge is 2.18. The Balaban J connectivity index is 3.75. The SMILES string of the molecule is [B]C(C)(CCC(C)CC)CCC(C)CC. The molecule has 0 aliphatic heterocycles. The highest BCUT2D eigenvalue weighted by atomic mass is 14.2. The van der Waals surface area contributed by atoms with Crippen LogP contribution in [0.5, 0.6) is 0 Å². The molecule has 0 saturated carbocycles. The number of hydrogen-bond donors (Lipinski definition) is 0. The Labute approximate surface area is 98.6 Å². The molecule has 0 fully saturated rings. The van der Waals surface area contributed by atoms with Crippen molar-refractivity contribution in [1.82, 2.24) is 0 Å². The first-order chi connectivity index (χ1) is 6.91. The maximum absolute atomic E-state index is 6.32. The van der Waals surface area contributed by atoms with E-state index in [0.29, 0.717) is 0 Å². The zero-order chi connectivity index (χ0) is 11.9. The average Bonchev–Trinajstić information content (AvgIpc) is 2.22. The van der Waals surface area contributed by atoms with E-state index in [0.717, 1.165) is 11.8 Å². The average molecular weight is 208 g/mol. The summed E-state index contributed by atoms with van der Waals surface area (Å²) >= 11 is 0. The van der Waals surface area contributed by atoms with Gasteiger partial charge in [0, 0.05) is 0 Å². The van der Waals surface area contributed by atoms with E-state index in [-0.39, 0.29) is 5.31 Å². The fourth-order valence-electron chi connectivity index (χ4n) is 1.69. The Bertz CT molecular complexity index is 135. The van der Waals surface area contributed by atoms with Gasteiger partial charge in [0.1, 0.15) is 0 Å². The Hall–Kier alpha value is 0.0649. The molecule has 0 saturated heterocycles. The van der Waals surface area contributed by atoms with Crippen LogP contribution in [-0.4, -0.2) is 7.85 Å². The van der Waals surface area contributed by atoms with E-state index in [1.54, 1.807) is 0 Å². The summed E-state index contributed by atoms with van der Waals surface area (Å²) in [5.41, 5.74) is 0. The summed E-state index contributed by atoms with van der Waals surface area (Å²) in [4.78, 5) is 0. The number of rotatable bonds is 8. The predicted molar refractivity (Wildman–Crippen MR) is 71.5 cm³/mol. The van der Waals surface area contributed by atoms with Crippen molar-refractivity contribution in [3.05, 3.63) is 0 Å². The molecule has 88 valence electrons. The van der Waals surface area contributed by atoms with Crippen molar-refractivity contribution in [2.24, 2.45) is 11.8 Å². The summed E-state index contributed by atoms with van der Waals surface area (Å²) in [7, 11) is 6.32. The second-order valence-electron chi connectivity index (χ2n) is 5.76. The van der Waals surface area contributed by atoms with E-state index in [1.165, 1.54) is 38.5 Å². The van der Waals surface area contributed by atoms with Gasteiger partial charge in [-0.15, -0.1) is 0 Å². The highest BCUT2D eigenvalue weighted by molar-refractivity contribution is 6.14. The van der Waals surface area contributed by atoms with Gasteiger partial charge in [0.05, 0.1) is 7.85 Å². The Morgan fingerprint density at radius 2 is 1.27 bits per heavy atom. The van der Waals surface area contributed by atoms with E-state index in [9.17, 15) is 0 Å². The van der Waals surface area contributed by atoms with Crippen LogP contribution in [0.25, 0.3) is 0 Å². The molecule has 0 aromatic heterocycles. The third-order valence-corrected chi connectivity index (χ3v) is 3.81. The molecule has 0 bridgehead atoms. The second kappa shape index (κ2) is 7.36. The smallest absolute Gasteiger partial charge is 0.0688 e. The molecule has 2 radical (unpaired) electrons. The summed E-state index contributed by atoms with van der Waals surface area (Å²) in [6, 6.07) is 0. The summed E-state index contributed by atoms with van der Waals surface area (Å²) < 4.78 is 0. The first kappa shape index (κ1) is 15.1. The molecule has 0 heterocycles. The Morgan fingerprint density at radius 3 is 1.53 bits per heavy atom. The highest BCUT2D eigenvalue weighted by Crippen LogP contribution is 2.36. The minimum Gasteiger partial charge on any atom is -0.0688 e. The van der Waals surface area contributed by atoms with Crippen LogP contribution in [0.15, 0.2) is 0 Å². The van der Waals surface area contributed by atoms with Gasteiger partial charge in [0.25, 0.3) is 0 Å². The molecule has 15 heavy (non-hydrogen) atoms. The molecule has 0 aromatic carbocycles. The standard InChI is InChI=1S/C14H29B/c1-6-12(3)8-10-14(5,15)11-9-13(4)7-2/h12-13H,6-11H2,1-5H3. The van der Waals surface area contributed by atoms with Crippen molar-refractivity contribution < 1.29 is 0 Å². The third kappa shape index (κ3) is 7.93. The minimum atomic E-state index is 0.0624. The van der Waals surface area contributed by atoms with Crippen molar-refractivity contribution in [2.75, 3.05) is 0 Å². The molecular weight excluding hydrogens is 179 g/mol. The van der Waals surface area contributed by atoms with Crippen molar-refractivity contribution in [3.63, 3.8) is 0 Å². The zero-order valence-corrected chi connectivity index (χ0v) is 11.5. The third-order valence-electron chi connectivity index (χ3n) is 3.81. The van der Waals surface area contributed by atoms with Crippen molar-refractivity contribution in [2.45, 2.75) is 78.5 Å². The summed E-state index contributed by atoms with van der Waals surface area (Å²) in [6.07, 6.45) is 7.48. The van der Waals surface area contributed by atoms with Gasteiger partial charge in [-0.1, -0.05) is 78.5 Å².